The minimum Gasteiger partial charge on any atom is -0.462 e. The number of hydrogen-bond donors (Lipinski definition) is 2. The van der Waals surface area contributed by atoms with Gasteiger partial charge in [0.1, 0.15) is 0 Å². The van der Waals surface area contributed by atoms with Gasteiger partial charge in [-0.05, 0) is 73.5 Å². The number of halogens is 1. The Bertz CT molecular complexity index is 1190. The highest BCUT2D eigenvalue weighted by molar-refractivity contribution is 8.00. The van der Waals surface area contributed by atoms with Crippen LogP contribution in [0.2, 0.25) is 5.02 Å². The number of nitrogen functional groups attached to an aromatic ring is 1. The number of benzene rings is 2. The number of hydrogen-bond acceptors (Lipinski definition) is 10. The van der Waals surface area contributed by atoms with Gasteiger partial charge in [0, 0.05) is 33.9 Å². The molecule has 0 bridgehead atoms. The number of carbonyl (C=O) groups excluding carboxylic acids is 1. The molecule has 11 heteroatoms. The second-order valence-corrected chi connectivity index (χ2v) is 9.69. The molecule has 1 aromatic heterocycles. The summed E-state index contributed by atoms with van der Waals surface area (Å²) in [6, 6.07) is 14.7. The van der Waals surface area contributed by atoms with Crippen molar-refractivity contribution in [3.05, 3.63) is 64.0 Å². The van der Waals surface area contributed by atoms with Crippen LogP contribution in [-0.2, 0) is 4.74 Å². The van der Waals surface area contributed by atoms with Crippen LogP contribution in [0.15, 0.2) is 58.6 Å². The molecule has 2 heterocycles. The van der Waals surface area contributed by atoms with Gasteiger partial charge in [0.25, 0.3) is 0 Å². The molecule has 0 amide bonds. The summed E-state index contributed by atoms with van der Waals surface area (Å²) in [6.07, 6.45) is 1.85. The van der Waals surface area contributed by atoms with Crippen molar-refractivity contribution in [3.63, 3.8) is 0 Å². The molecule has 0 saturated carbocycles. The molecule has 3 N–H and O–H groups in total. The molecule has 1 aliphatic rings. The van der Waals surface area contributed by atoms with E-state index in [-0.39, 0.29) is 17.6 Å². The third-order valence-corrected chi connectivity index (χ3v) is 7.09. The predicted molar refractivity (Wildman–Crippen MR) is 140 cm³/mol. The van der Waals surface area contributed by atoms with Crippen LogP contribution in [0, 0.1) is 4.91 Å². The second-order valence-electron chi connectivity index (χ2n) is 7.88. The van der Waals surface area contributed by atoms with Gasteiger partial charge < -0.3 is 20.7 Å². The number of rotatable bonds is 8. The normalized spacial score (nSPS) is 13.9. The van der Waals surface area contributed by atoms with Crippen LogP contribution in [0.4, 0.5) is 29.0 Å². The van der Waals surface area contributed by atoms with Gasteiger partial charge in [0.2, 0.25) is 5.82 Å². The summed E-state index contributed by atoms with van der Waals surface area (Å²) in [7, 11) is 0. The van der Waals surface area contributed by atoms with Crippen molar-refractivity contribution in [3.8, 4) is 0 Å². The van der Waals surface area contributed by atoms with E-state index in [1.807, 2.05) is 36.0 Å². The first kappa shape index (κ1) is 24.7. The highest BCUT2D eigenvalue weighted by atomic mass is 35.5. The van der Waals surface area contributed by atoms with Crippen molar-refractivity contribution in [2.24, 2.45) is 5.18 Å². The van der Waals surface area contributed by atoms with Crippen molar-refractivity contribution in [1.29, 1.82) is 0 Å². The summed E-state index contributed by atoms with van der Waals surface area (Å²) in [5, 5.41) is 7.31. The summed E-state index contributed by atoms with van der Waals surface area (Å²) < 4.78 is 5.02. The number of carbonyl (C=O) groups is 1. The van der Waals surface area contributed by atoms with E-state index in [1.54, 1.807) is 31.2 Å². The van der Waals surface area contributed by atoms with Crippen molar-refractivity contribution < 1.29 is 9.53 Å². The van der Waals surface area contributed by atoms with E-state index in [4.69, 9.17) is 22.1 Å². The molecule has 9 nitrogen and oxygen atoms in total. The van der Waals surface area contributed by atoms with E-state index in [0.717, 1.165) is 31.0 Å². The van der Waals surface area contributed by atoms with E-state index in [0.29, 0.717) is 34.7 Å². The van der Waals surface area contributed by atoms with Crippen LogP contribution in [0.5, 0.6) is 0 Å². The molecule has 1 saturated heterocycles. The molecular weight excluding hydrogens is 488 g/mol. The number of nitrogens with two attached hydrogens (primary N) is 1. The number of nitroso groups, excluding NO2 is 1. The van der Waals surface area contributed by atoms with Gasteiger partial charge in [0.15, 0.2) is 17.5 Å². The maximum absolute atomic E-state index is 11.9. The van der Waals surface area contributed by atoms with Gasteiger partial charge in [-0.1, -0.05) is 11.6 Å². The number of thioether (sulfide) groups is 1. The Morgan fingerprint density at radius 3 is 2.49 bits per heavy atom. The number of esters is 1. The average molecular weight is 513 g/mol. The first-order valence-electron chi connectivity index (χ1n) is 11.2. The van der Waals surface area contributed by atoms with Crippen LogP contribution >= 0.6 is 23.4 Å². The Labute approximate surface area is 212 Å². The fraction of sp³-hybridized carbons (Fsp3) is 0.292. The zero-order chi connectivity index (χ0) is 24.8. The van der Waals surface area contributed by atoms with Gasteiger partial charge in [-0.2, -0.15) is 0 Å². The van der Waals surface area contributed by atoms with E-state index in [1.165, 1.54) is 4.90 Å². The van der Waals surface area contributed by atoms with Crippen LogP contribution in [0.25, 0.3) is 0 Å². The molecular formula is C24H25ClN6O3S. The minimum atomic E-state index is -0.385. The van der Waals surface area contributed by atoms with Crippen molar-refractivity contribution in [1.82, 2.24) is 9.97 Å². The lowest BCUT2D eigenvalue weighted by atomic mass is 10.1. The van der Waals surface area contributed by atoms with E-state index >= 15 is 0 Å². The zero-order valence-corrected chi connectivity index (χ0v) is 20.7. The minimum absolute atomic E-state index is 0.0532. The van der Waals surface area contributed by atoms with Crippen molar-refractivity contribution in [2.75, 3.05) is 35.6 Å². The summed E-state index contributed by atoms with van der Waals surface area (Å²) >= 11 is 7.82. The first-order valence-corrected chi connectivity index (χ1v) is 12.4. The first-order chi connectivity index (χ1) is 17.0. The summed E-state index contributed by atoms with van der Waals surface area (Å²) in [6.45, 7) is 3.54. The monoisotopic (exact) mass is 512 g/mol. The molecule has 0 atom stereocenters. The van der Waals surface area contributed by atoms with Gasteiger partial charge >= 0.3 is 5.97 Å². The number of nitrogens with zero attached hydrogens (tertiary/aromatic N) is 4. The highest BCUT2D eigenvalue weighted by Gasteiger charge is 2.25. The third kappa shape index (κ3) is 6.20. The van der Waals surface area contributed by atoms with Gasteiger partial charge in [-0.25, -0.2) is 14.8 Å². The molecule has 1 aliphatic heterocycles. The standard InChI is InChI=1S/C24H25ClN6O3S/c1-2-34-24(32)15-3-7-17(8-4-15)27-22-23(29-21(30-33)20(26)28-22)31-13-11-19(12-14-31)35-18-9-5-16(25)6-10-18/h3-10,19H,2,11-14H2,1H3,(H3,26,27,28). The molecule has 4 rings (SSSR count). The Balaban J connectivity index is 1.49. The molecule has 35 heavy (non-hydrogen) atoms. The average Bonchev–Trinajstić information content (AvgIpc) is 2.87. The molecule has 0 aliphatic carbocycles. The fourth-order valence-corrected chi connectivity index (χ4v) is 4.98. The second kappa shape index (κ2) is 11.4. The fourth-order valence-electron chi connectivity index (χ4n) is 3.73. The summed E-state index contributed by atoms with van der Waals surface area (Å²) in [5.74, 6) is 0.355. The molecule has 1 fully saturated rings. The predicted octanol–water partition coefficient (Wildman–Crippen LogP) is 5.79. The van der Waals surface area contributed by atoms with Gasteiger partial charge in [-0.3, -0.25) is 0 Å². The van der Waals surface area contributed by atoms with Crippen LogP contribution in [0.3, 0.4) is 0 Å². The Morgan fingerprint density at radius 2 is 1.86 bits per heavy atom. The third-order valence-electron chi connectivity index (χ3n) is 5.49. The van der Waals surface area contributed by atoms with E-state index in [9.17, 15) is 9.70 Å². The SMILES string of the molecule is CCOC(=O)c1ccc(Nc2nc(N)c(N=O)nc2N2CCC(Sc3ccc(Cl)cc3)CC2)cc1. The summed E-state index contributed by atoms with van der Waals surface area (Å²) in [5.41, 5.74) is 7.04. The maximum atomic E-state index is 11.9. The Morgan fingerprint density at radius 1 is 1.17 bits per heavy atom. The smallest absolute Gasteiger partial charge is 0.338 e. The van der Waals surface area contributed by atoms with Gasteiger partial charge in [0.05, 0.1) is 12.2 Å². The molecule has 0 radical (unpaired) electrons. The van der Waals surface area contributed by atoms with E-state index < -0.39 is 0 Å². The largest absolute Gasteiger partial charge is 0.462 e. The lowest BCUT2D eigenvalue weighted by Crippen LogP contribution is -2.36. The lowest BCUT2D eigenvalue weighted by Gasteiger charge is -2.33. The van der Waals surface area contributed by atoms with Crippen LogP contribution in [0.1, 0.15) is 30.1 Å². The van der Waals surface area contributed by atoms with Crippen LogP contribution in [-0.4, -0.2) is 40.9 Å². The number of anilines is 4. The molecule has 182 valence electrons. The molecule has 0 unspecified atom stereocenters. The Hall–Kier alpha value is -3.37. The van der Waals surface area contributed by atoms with Crippen LogP contribution < -0.4 is 16.0 Å². The number of aromatic nitrogens is 2. The topological polar surface area (TPSA) is 123 Å². The van der Waals surface area contributed by atoms with E-state index in [2.05, 4.69) is 25.4 Å². The van der Waals surface area contributed by atoms with Crippen molar-refractivity contribution >= 4 is 58.3 Å². The molecule has 3 aromatic rings. The zero-order valence-electron chi connectivity index (χ0n) is 19.1. The number of piperidine rings is 1. The maximum Gasteiger partial charge on any atom is 0.338 e. The Kier molecular flexibility index (Phi) is 8.04. The quantitative estimate of drug-likeness (QED) is 0.285. The van der Waals surface area contributed by atoms with Gasteiger partial charge in [-0.15, -0.1) is 16.7 Å². The lowest BCUT2D eigenvalue weighted by molar-refractivity contribution is 0.0526. The highest BCUT2D eigenvalue weighted by Crippen LogP contribution is 2.36. The number of ether oxygens (including phenoxy) is 1. The molecule has 2 aromatic carbocycles. The number of nitrogens with one attached hydrogen (secondary N) is 1. The van der Waals surface area contributed by atoms with Crippen molar-refractivity contribution in [2.45, 2.75) is 29.9 Å². The summed E-state index contributed by atoms with van der Waals surface area (Å²) in [4.78, 5) is 35.2. The molecule has 0 spiro atoms.